The number of rotatable bonds is 8. The normalized spacial score (nSPS) is 13.5. The SMILES string of the molecule is [2H]c1c([2H])c([2H])c(-c2nc(-c3cc([N+]#[C-])c(-n4c5ccc(-c6ccccc6)cc5c5c6oc7ccccc7c6ccc54)c(-n4c5ccc(-c6ccccc6)cc5c5c6oc7ccccc7c6ccc54)c3-c3ccccc3)nc(-c3c([2H])c([2H])c([2H])c([2H])c3[2H])n2)c([2H])c1[2H]. The Balaban J connectivity index is 1.11. The van der Waals surface area contributed by atoms with Gasteiger partial charge in [-0.3, -0.25) is 0 Å². The number of nitrogens with zero attached hydrogens (tertiary/aromatic N) is 6. The third kappa shape index (κ3) is 7.23. The van der Waals surface area contributed by atoms with E-state index < -0.39 is 83.2 Å². The first-order valence-corrected chi connectivity index (χ1v) is 27.2. The topological polar surface area (TPSA) is 79.2 Å². The number of hydrogen-bond acceptors (Lipinski definition) is 5. The summed E-state index contributed by atoms with van der Waals surface area (Å²) < 4.78 is 108. The second-order valence-electron chi connectivity index (χ2n) is 20.5. The van der Waals surface area contributed by atoms with Crippen molar-refractivity contribution in [3.05, 3.63) is 278 Å². The molecule has 0 radical (unpaired) electrons. The lowest BCUT2D eigenvalue weighted by Gasteiger charge is -2.25. The van der Waals surface area contributed by atoms with Crippen molar-refractivity contribution in [2.75, 3.05) is 0 Å². The Labute approximate surface area is 494 Å². The Kier molecular flexibility index (Phi) is 8.48. The van der Waals surface area contributed by atoms with Gasteiger partial charge in [-0.05, 0) is 94.5 Å². The standard InChI is InChI=1S/C76H44N6O2/c1-77-60-45-59(76-79-74(49-27-13-5-14-28-49)78-75(80-76)50-29-15-6-16-30-50)67(48-25-11-4-12-26-48)71(82-62-40-36-52(47-23-9-3-10-24-47)44-58(62)69-64(82)42-38-56-54-32-18-20-34-66(54)84-73(56)69)70(60)81-61-39-35-51(46-21-7-2-8-22-46)43-57(61)68-63(81)41-37-55-53-31-17-19-33-65(53)83-72(55)68/h2-45H/i5D,6D,13D,14D,15D,16D,27D,28D,29D,30D. The molecule has 0 bridgehead atoms. The zero-order valence-electron chi connectivity index (χ0n) is 54.1. The highest BCUT2D eigenvalue weighted by Gasteiger charge is 2.32. The van der Waals surface area contributed by atoms with Crippen LogP contribution < -0.4 is 0 Å². The van der Waals surface area contributed by atoms with Gasteiger partial charge in [0, 0.05) is 54.6 Å². The highest BCUT2D eigenvalue weighted by atomic mass is 16.3. The van der Waals surface area contributed by atoms with Crippen molar-refractivity contribution < 1.29 is 22.5 Å². The highest BCUT2D eigenvalue weighted by Crippen LogP contribution is 2.52. The first kappa shape index (κ1) is 38.1. The molecule has 0 aliphatic carbocycles. The first-order valence-electron chi connectivity index (χ1n) is 32.2. The van der Waals surface area contributed by atoms with Crippen LogP contribution in [0.5, 0.6) is 0 Å². The average Bonchev–Trinajstić information content (AvgIpc) is 1.51. The maximum absolute atomic E-state index is 9.63. The lowest BCUT2D eigenvalue weighted by Crippen LogP contribution is -2.09. The minimum atomic E-state index is -0.684. The summed E-state index contributed by atoms with van der Waals surface area (Å²) in [5.74, 6) is -1.13. The van der Waals surface area contributed by atoms with Crippen LogP contribution in [0.1, 0.15) is 13.7 Å². The fraction of sp³-hybridized carbons (Fsp3) is 0. The molecule has 8 heteroatoms. The maximum atomic E-state index is 9.63. The highest BCUT2D eigenvalue weighted by molar-refractivity contribution is 6.27. The minimum Gasteiger partial charge on any atom is -0.455 e. The van der Waals surface area contributed by atoms with Gasteiger partial charge in [-0.15, -0.1) is 0 Å². The summed E-state index contributed by atoms with van der Waals surface area (Å²) in [6, 6.07) is 61.3. The number of aromatic nitrogens is 5. The zero-order valence-corrected chi connectivity index (χ0v) is 44.1. The minimum absolute atomic E-state index is 0.0789. The molecular weight excluding hydrogens is 1030 g/mol. The second kappa shape index (κ2) is 18.7. The fourth-order valence-corrected chi connectivity index (χ4v) is 12.4. The predicted molar refractivity (Wildman–Crippen MR) is 342 cm³/mol. The number of hydrogen-bond donors (Lipinski definition) is 0. The third-order valence-electron chi connectivity index (χ3n) is 16.0. The second-order valence-corrected chi connectivity index (χ2v) is 20.5. The van der Waals surface area contributed by atoms with Gasteiger partial charge in [-0.25, -0.2) is 19.8 Å². The van der Waals surface area contributed by atoms with Crippen LogP contribution in [0.25, 0.3) is 171 Å². The summed E-state index contributed by atoms with van der Waals surface area (Å²) >= 11 is 0. The van der Waals surface area contributed by atoms with Crippen molar-refractivity contribution in [2.24, 2.45) is 0 Å². The van der Waals surface area contributed by atoms with Gasteiger partial charge < -0.3 is 18.0 Å². The lowest BCUT2D eigenvalue weighted by atomic mass is 9.93. The lowest BCUT2D eigenvalue weighted by molar-refractivity contribution is 0.672. The van der Waals surface area contributed by atoms with E-state index in [-0.39, 0.29) is 17.1 Å². The maximum Gasteiger partial charge on any atom is 0.213 e. The van der Waals surface area contributed by atoms with Gasteiger partial charge in [0.1, 0.15) is 22.3 Å². The summed E-state index contributed by atoms with van der Waals surface area (Å²) in [5.41, 5.74) is 10.6. The van der Waals surface area contributed by atoms with Gasteiger partial charge in [0.2, 0.25) is 5.69 Å². The van der Waals surface area contributed by atoms with E-state index in [0.29, 0.717) is 61.4 Å². The molecule has 8 nitrogen and oxygen atoms in total. The Morgan fingerprint density at radius 1 is 0.357 bits per heavy atom. The predicted octanol–water partition coefficient (Wildman–Crippen LogP) is 20.4. The van der Waals surface area contributed by atoms with E-state index >= 15 is 0 Å². The van der Waals surface area contributed by atoms with E-state index in [1.54, 1.807) is 6.07 Å². The molecule has 5 aromatic heterocycles. The quantitative estimate of drug-likeness (QED) is 0.142. The van der Waals surface area contributed by atoms with Crippen LogP contribution in [0.3, 0.4) is 0 Å². The van der Waals surface area contributed by atoms with Crippen molar-refractivity contribution in [1.29, 1.82) is 0 Å². The number of furan rings is 2. The van der Waals surface area contributed by atoms with Gasteiger partial charge in [0.15, 0.2) is 17.5 Å². The van der Waals surface area contributed by atoms with Gasteiger partial charge in [0.25, 0.3) is 0 Å². The summed E-state index contributed by atoms with van der Waals surface area (Å²) in [4.78, 5) is 19.3. The van der Waals surface area contributed by atoms with Crippen molar-refractivity contribution in [3.63, 3.8) is 0 Å². The smallest absolute Gasteiger partial charge is 0.213 e. The molecule has 0 aliphatic heterocycles. The Bertz CT molecular complexity index is 6050. The molecule has 17 rings (SSSR count). The molecule has 5 heterocycles. The molecule has 17 aromatic rings. The molecule has 0 aliphatic rings. The molecule has 12 aromatic carbocycles. The molecule has 0 fully saturated rings. The van der Waals surface area contributed by atoms with Crippen molar-refractivity contribution in [3.8, 4) is 78.9 Å². The molecule has 84 heavy (non-hydrogen) atoms. The van der Waals surface area contributed by atoms with E-state index in [0.717, 1.165) is 70.9 Å². The molecule has 0 N–H and O–H groups in total. The van der Waals surface area contributed by atoms with Crippen LogP contribution in [0.2, 0.25) is 0 Å². The van der Waals surface area contributed by atoms with Crippen LogP contribution in [0, 0.1) is 6.57 Å². The molecule has 0 saturated carbocycles. The third-order valence-corrected chi connectivity index (χ3v) is 16.0. The molecule has 0 saturated heterocycles. The largest absolute Gasteiger partial charge is 0.455 e. The van der Waals surface area contributed by atoms with Crippen LogP contribution in [0.4, 0.5) is 5.69 Å². The monoisotopic (exact) mass is 1080 g/mol. The molecule has 390 valence electrons. The number of para-hydroxylation sites is 2. The van der Waals surface area contributed by atoms with Gasteiger partial charge >= 0.3 is 0 Å². The number of fused-ring (bicyclic) bond motifs is 14. The summed E-state index contributed by atoms with van der Waals surface area (Å²) in [7, 11) is 0. The van der Waals surface area contributed by atoms with E-state index in [1.165, 1.54) is 0 Å². The Hall–Kier alpha value is -11.7. The summed E-state index contributed by atoms with van der Waals surface area (Å²) in [5, 5.41) is 6.82. The van der Waals surface area contributed by atoms with Crippen LogP contribution >= 0.6 is 0 Å². The van der Waals surface area contributed by atoms with Crippen LogP contribution in [-0.4, -0.2) is 24.1 Å². The molecule has 0 amide bonds. The summed E-state index contributed by atoms with van der Waals surface area (Å²) in [6.45, 7) is 9.63. The van der Waals surface area contributed by atoms with Gasteiger partial charge in [-0.1, -0.05) is 200 Å². The molecule has 0 unspecified atom stereocenters. The zero-order chi connectivity index (χ0) is 64.1. The van der Waals surface area contributed by atoms with Gasteiger partial charge in [0.05, 0.1) is 64.5 Å². The van der Waals surface area contributed by atoms with E-state index in [2.05, 4.69) is 92.8 Å². The van der Waals surface area contributed by atoms with Crippen LogP contribution in [-0.2, 0) is 0 Å². The fourth-order valence-electron chi connectivity index (χ4n) is 12.4. The summed E-state index contributed by atoms with van der Waals surface area (Å²) in [6.07, 6.45) is 0. The van der Waals surface area contributed by atoms with Gasteiger partial charge in [-0.2, -0.15) is 0 Å². The Morgan fingerprint density at radius 2 is 0.786 bits per heavy atom. The first-order chi connectivity index (χ1) is 45.8. The van der Waals surface area contributed by atoms with Crippen LogP contribution in [0.15, 0.2) is 276 Å². The van der Waals surface area contributed by atoms with Crippen molar-refractivity contribution >= 4 is 93.2 Å². The molecule has 0 spiro atoms. The molecule has 0 atom stereocenters. The molecular formula is C76H44N6O2. The van der Waals surface area contributed by atoms with Crippen molar-refractivity contribution in [1.82, 2.24) is 24.1 Å². The number of benzene rings is 12. The Morgan fingerprint density at radius 3 is 1.27 bits per heavy atom. The van der Waals surface area contributed by atoms with E-state index in [1.807, 2.05) is 121 Å². The van der Waals surface area contributed by atoms with E-state index in [9.17, 15) is 12.1 Å². The van der Waals surface area contributed by atoms with Crippen molar-refractivity contribution in [2.45, 2.75) is 0 Å². The van der Waals surface area contributed by atoms with E-state index in [4.69, 9.17) is 32.0 Å². The average molecular weight is 1080 g/mol.